The SMILES string of the molecule is CCCCCC/C=C\C=C/CCCCCCCC(=O)O[C@H](COC(=O)CCCCCCC)COP(=O)(O)OC[C@H](O)COP(=O)(O)OC[C@@H](COC(=O)CCCCCCCCCCCCCCCCCCC(C)C)OC(=O)CCCCCCCCCCCCCCCCCCC(C)C. The summed E-state index contributed by atoms with van der Waals surface area (Å²) >= 11 is 0. The van der Waals surface area contributed by atoms with Gasteiger partial charge in [-0.15, -0.1) is 0 Å². The van der Waals surface area contributed by atoms with Crippen molar-refractivity contribution in [2.75, 3.05) is 39.6 Å². The van der Waals surface area contributed by atoms with E-state index in [1.165, 1.54) is 186 Å². The zero-order chi connectivity index (χ0) is 72.1. The number of phosphoric ester groups is 2. The van der Waals surface area contributed by atoms with E-state index < -0.39 is 97.5 Å². The van der Waals surface area contributed by atoms with Crippen molar-refractivity contribution in [3.63, 3.8) is 0 Å². The quantitative estimate of drug-likeness (QED) is 0.0169. The van der Waals surface area contributed by atoms with Crippen molar-refractivity contribution in [3.8, 4) is 0 Å². The highest BCUT2D eigenvalue weighted by Crippen LogP contribution is 2.45. The lowest BCUT2D eigenvalue weighted by Crippen LogP contribution is -2.30. The number of ether oxygens (including phenoxy) is 4. The Kier molecular flexibility index (Phi) is 68.5. The second kappa shape index (κ2) is 70.2. The van der Waals surface area contributed by atoms with Crippen LogP contribution in [0.5, 0.6) is 0 Å². The zero-order valence-corrected chi connectivity index (χ0v) is 65.4. The third-order valence-electron chi connectivity index (χ3n) is 17.8. The molecule has 17 nitrogen and oxygen atoms in total. The second-order valence-corrected chi connectivity index (χ2v) is 31.6. The molecule has 0 amide bonds. The molecule has 98 heavy (non-hydrogen) atoms. The monoisotopic (exact) mass is 1430 g/mol. The molecule has 2 unspecified atom stereocenters. The summed E-state index contributed by atoms with van der Waals surface area (Å²) in [7, 11) is -9.92. The van der Waals surface area contributed by atoms with Gasteiger partial charge in [-0.3, -0.25) is 37.3 Å². The van der Waals surface area contributed by atoms with Crippen LogP contribution in [-0.2, 0) is 65.4 Å². The maximum absolute atomic E-state index is 13.1. The number of rotatable bonds is 76. The Balaban J connectivity index is 5.16. The molecule has 0 bridgehead atoms. The number of phosphoric acid groups is 2. The van der Waals surface area contributed by atoms with Gasteiger partial charge >= 0.3 is 39.5 Å². The average molecular weight is 1430 g/mol. The summed E-state index contributed by atoms with van der Waals surface area (Å²) in [5.41, 5.74) is 0. The standard InChI is InChI=1S/C79H150O17P2/c1-7-9-11-13-14-15-16-17-22-30-35-40-45-51-57-63-78(83)95-74(67-89-76(81)61-55-47-12-10-8-2)69-93-97(85,86)91-65-73(80)66-92-98(87,88)94-70-75(96-79(84)64-58-52-46-41-36-31-26-21-19-24-28-33-38-43-49-54-60-72(5)6)68-90-77(82)62-56-50-44-39-34-29-25-20-18-23-27-32-37-42-48-53-59-71(3)4/h15-17,22,71-75,80H,7-14,18-21,23-70H2,1-6H3,(H,85,86)(H,87,88)/b16-15-,22-17-/t73-,74+,75+/m0/s1. The first-order valence-corrected chi connectivity index (χ1v) is 43.3. The van der Waals surface area contributed by atoms with E-state index in [2.05, 4.69) is 65.8 Å². The van der Waals surface area contributed by atoms with Gasteiger partial charge < -0.3 is 33.8 Å². The molecule has 0 saturated heterocycles. The van der Waals surface area contributed by atoms with Crippen molar-refractivity contribution in [1.29, 1.82) is 0 Å². The molecule has 0 spiro atoms. The fourth-order valence-electron chi connectivity index (χ4n) is 11.6. The van der Waals surface area contributed by atoms with Crippen LogP contribution in [0.3, 0.4) is 0 Å². The van der Waals surface area contributed by atoms with Gasteiger partial charge in [0, 0.05) is 25.7 Å². The first-order chi connectivity index (χ1) is 47.4. The molecule has 578 valence electrons. The van der Waals surface area contributed by atoms with Crippen LogP contribution in [-0.4, -0.2) is 96.7 Å². The van der Waals surface area contributed by atoms with E-state index in [-0.39, 0.29) is 25.7 Å². The highest BCUT2D eigenvalue weighted by molar-refractivity contribution is 7.47. The number of carbonyl (C=O) groups is 4. The van der Waals surface area contributed by atoms with Crippen LogP contribution in [0.4, 0.5) is 0 Å². The van der Waals surface area contributed by atoms with Crippen molar-refractivity contribution in [2.24, 2.45) is 11.8 Å². The molecule has 0 saturated carbocycles. The van der Waals surface area contributed by atoms with E-state index in [9.17, 15) is 43.2 Å². The number of allylic oxidation sites excluding steroid dienone is 4. The molecule has 5 atom stereocenters. The number of carbonyl (C=O) groups excluding carboxylic acids is 4. The summed E-state index contributed by atoms with van der Waals surface area (Å²) in [6.07, 6.45) is 62.3. The van der Waals surface area contributed by atoms with Crippen LogP contribution < -0.4 is 0 Å². The topological polar surface area (TPSA) is 237 Å². The van der Waals surface area contributed by atoms with Crippen LogP contribution in [0.1, 0.15) is 388 Å². The van der Waals surface area contributed by atoms with E-state index in [1.54, 1.807) is 0 Å². The van der Waals surface area contributed by atoms with E-state index in [1.807, 2.05) is 0 Å². The minimum absolute atomic E-state index is 0.0842. The number of esters is 4. The zero-order valence-electron chi connectivity index (χ0n) is 63.6. The lowest BCUT2D eigenvalue weighted by molar-refractivity contribution is -0.161. The molecular weight excluding hydrogens is 1280 g/mol. The first kappa shape index (κ1) is 95.5. The Morgan fingerprint density at radius 1 is 0.316 bits per heavy atom. The molecule has 3 N–H and O–H groups in total. The van der Waals surface area contributed by atoms with Crippen molar-refractivity contribution in [3.05, 3.63) is 24.3 Å². The molecule has 0 aromatic rings. The molecule has 0 aromatic carbocycles. The summed E-state index contributed by atoms with van der Waals surface area (Å²) in [5.74, 6) is -0.535. The van der Waals surface area contributed by atoms with Gasteiger partial charge in [0.25, 0.3) is 0 Å². The average Bonchev–Trinajstić information content (AvgIpc) is 1.01. The number of aliphatic hydroxyl groups is 1. The van der Waals surface area contributed by atoms with E-state index in [0.717, 1.165) is 121 Å². The van der Waals surface area contributed by atoms with Gasteiger partial charge in [0.1, 0.15) is 19.3 Å². The van der Waals surface area contributed by atoms with Crippen LogP contribution in [0.25, 0.3) is 0 Å². The largest absolute Gasteiger partial charge is 0.472 e. The highest BCUT2D eigenvalue weighted by Gasteiger charge is 2.30. The molecular formula is C79H150O17P2. The molecule has 0 rings (SSSR count). The Bertz CT molecular complexity index is 1980. The number of hydrogen-bond acceptors (Lipinski definition) is 15. The smallest absolute Gasteiger partial charge is 0.462 e. The Hall–Kier alpha value is -2.46. The third kappa shape index (κ3) is 71.9. The predicted octanol–water partition coefficient (Wildman–Crippen LogP) is 23.1. The van der Waals surface area contributed by atoms with Gasteiger partial charge in [0.15, 0.2) is 12.2 Å². The molecule has 0 aliphatic rings. The van der Waals surface area contributed by atoms with Crippen LogP contribution in [0.2, 0.25) is 0 Å². The second-order valence-electron chi connectivity index (χ2n) is 28.7. The summed E-state index contributed by atoms with van der Waals surface area (Å²) in [4.78, 5) is 72.6. The minimum Gasteiger partial charge on any atom is -0.462 e. The van der Waals surface area contributed by atoms with Crippen LogP contribution in [0.15, 0.2) is 24.3 Å². The molecule has 19 heteroatoms. The highest BCUT2D eigenvalue weighted by atomic mass is 31.2. The van der Waals surface area contributed by atoms with E-state index in [4.69, 9.17) is 37.0 Å². The molecule has 0 radical (unpaired) electrons. The first-order valence-electron chi connectivity index (χ1n) is 40.3. The lowest BCUT2D eigenvalue weighted by Gasteiger charge is -2.21. The molecule has 0 aromatic heterocycles. The maximum Gasteiger partial charge on any atom is 0.472 e. The Morgan fingerprint density at radius 2 is 0.551 bits per heavy atom. The van der Waals surface area contributed by atoms with Gasteiger partial charge in [-0.05, 0) is 63.2 Å². The minimum atomic E-state index is -4.96. The number of unbranched alkanes of at least 4 members (excludes halogenated alkanes) is 43. The van der Waals surface area contributed by atoms with Gasteiger partial charge in [0.05, 0.1) is 26.4 Å². The maximum atomic E-state index is 13.1. The molecule has 0 aliphatic carbocycles. The fourth-order valence-corrected chi connectivity index (χ4v) is 13.2. The number of hydrogen-bond donors (Lipinski definition) is 3. The van der Waals surface area contributed by atoms with Gasteiger partial charge in [-0.25, -0.2) is 9.13 Å². The van der Waals surface area contributed by atoms with Crippen LogP contribution >= 0.6 is 15.6 Å². The van der Waals surface area contributed by atoms with Crippen molar-refractivity contribution < 1.29 is 80.2 Å². The summed E-state index contributed by atoms with van der Waals surface area (Å²) in [6.45, 7) is 9.52. The van der Waals surface area contributed by atoms with Crippen molar-refractivity contribution >= 4 is 39.5 Å². The van der Waals surface area contributed by atoms with Crippen molar-refractivity contribution in [1.82, 2.24) is 0 Å². The normalized spacial score (nSPS) is 14.1. The lowest BCUT2D eigenvalue weighted by atomic mass is 10.0. The Morgan fingerprint density at radius 3 is 0.837 bits per heavy atom. The van der Waals surface area contributed by atoms with Gasteiger partial charge in [0.2, 0.25) is 0 Å². The van der Waals surface area contributed by atoms with Crippen LogP contribution in [0, 0.1) is 11.8 Å². The van der Waals surface area contributed by atoms with Crippen molar-refractivity contribution in [2.45, 2.75) is 407 Å². The summed E-state index contributed by atoms with van der Waals surface area (Å²) < 4.78 is 68.3. The van der Waals surface area contributed by atoms with Gasteiger partial charge in [-0.2, -0.15) is 0 Å². The van der Waals surface area contributed by atoms with E-state index >= 15 is 0 Å². The van der Waals surface area contributed by atoms with E-state index in [0.29, 0.717) is 25.7 Å². The molecule has 0 aliphatic heterocycles. The fraction of sp³-hybridized carbons (Fsp3) is 0.899. The number of aliphatic hydroxyl groups excluding tert-OH is 1. The Labute approximate surface area is 599 Å². The third-order valence-corrected chi connectivity index (χ3v) is 19.7. The molecule has 0 fully saturated rings. The molecule has 0 heterocycles. The summed E-state index contributed by atoms with van der Waals surface area (Å²) in [6, 6.07) is 0. The van der Waals surface area contributed by atoms with Gasteiger partial charge in [-0.1, -0.05) is 336 Å². The summed E-state index contributed by atoms with van der Waals surface area (Å²) in [5, 5.41) is 10.6. The predicted molar refractivity (Wildman–Crippen MR) is 400 cm³/mol.